The number of anilines is 1. The highest BCUT2D eigenvalue weighted by atomic mass is 16.2. The summed E-state index contributed by atoms with van der Waals surface area (Å²) in [6.45, 7) is 0.458. The van der Waals surface area contributed by atoms with Gasteiger partial charge in [0, 0.05) is 24.9 Å². The predicted molar refractivity (Wildman–Crippen MR) is 77.5 cm³/mol. The Bertz CT molecular complexity index is 665. The van der Waals surface area contributed by atoms with E-state index in [0.29, 0.717) is 12.4 Å². The van der Waals surface area contributed by atoms with Gasteiger partial charge < -0.3 is 10.6 Å². The molecule has 0 unspecified atom stereocenters. The van der Waals surface area contributed by atoms with Gasteiger partial charge in [0.05, 0.1) is 6.20 Å². The molecule has 1 saturated carbocycles. The molecule has 0 aromatic carbocycles. The maximum absolute atomic E-state index is 11.8. The second-order valence-corrected chi connectivity index (χ2v) is 5.20. The van der Waals surface area contributed by atoms with Crippen molar-refractivity contribution in [3.63, 3.8) is 0 Å². The first-order chi connectivity index (χ1) is 10.7. The standard InChI is InChI=1S/C14H16N6O2/c21-13(16-7-10-2-1-5-15-6-10)9-20-8-12(18-19-20)17-14(22)11-3-4-11/h1-2,5-6,8,11H,3-4,7,9H2,(H,16,21)(H,17,22). The molecule has 2 aromatic heterocycles. The van der Waals surface area contributed by atoms with Gasteiger partial charge in [-0.3, -0.25) is 14.6 Å². The number of aromatic nitrogens is 4. The minimum atomic E-state index is -0.186. The number of carbonyl (C=O) groups is 2. The number of hydrogen-bond acceptors (Lipinski definition) is 5. The van der Waals surface area contributed by atoms with E-state index in [1.165, 1.54) is 4.68 Å². The van der Waals surface area contributed by atoms with Crippen LogP contribution >= 0.6 is 0 Å². The Kier molecular flexibility index (Phi) is 4.08. The second kappa shape index (κ2) is 6.33. The van der Waals surface area contributed by atoms with Gasteiger partial charge in [0.2, 0.25) is 11.8 Å². The molecule has 0 atom stereocenters. The number of carbonyl (C=O) groups excluding carboxylic acids is 2. The summed E-state index contributed by atoms with van der Waals surface area (Å²) in [5.74, 6) is 0.256. The van der Waals surface area contributed by atoms with E-state index in [1.54, 1.807) is 18.6 Å². The van der Waals surface area contributed by atoms with Crippen LogP contribution in [0.3, 0.4) is 0 Å². The summed E-state index contributed by atoms with van der Waals surface area (Å²) in [5, 5.41) is 13.1. The van der Waals surface area contributed by atoms with Gasteiger partial charge in [0.1, 0.15) is 6.54 Å². The molecule has 0 saturated heterocycles. The molecule has 3 rings (SSSR count). The Morgan fingerprint density at radius 2 is 2.23 bits per heavy atom. The zero-order chi connectivity index (χ0) is 15.4. The third-order valence-corrected chi connectivity index (χ3v) is 3.26. The Balaban J connectivity index is 1.47. The lowest BCUT2D eigenvalue weighted by molar-refractivity contribution is -0.122. The molecule has 2 heterocycles. The minimum absolute atomic E-state index is 0.0342. The Labute approximate surface area is 126 Å². The molecule has 8 heteroatoms. The van der Waals surface area contributed by atoms with Crippen LogP contribution in [0, 0.1) is 5.92 Å². The number of hydrogen-bond donors (Lipinski definition) is 2. The Hall–Kier alpha value is -2.77. The third kappa shape index (κ3) is 3.87. The van der Waals surface area contributed by atoms with Crippen molar-refractivity contribution in [3.8, 4) is 0 Å². The van der Waals surface area contributed by atoms with Crippen molar-refractivity contribution in [2.75, 3.05) is 5.32 Å². The highest BCUT2D eigenvalue weighted by Crippen LogP contribution is 2.29. The van der Waals surface area contributed by atoms with Crippen molar-refractivity contribution in [1.82, 2.24) is 25.3 Å². The summed E-state index contributed by atoms with van der Waals surface area (Å²) < 4.78 is 1.39. The van der Waals surface area contributed by atoms with Gasteiger partial charge in [-0.25, -0.2) is 4.68 Å². The second-order valence-electron chi connectivity index (χ2n) is 5.20. The van der Waals surface area contributed by atoms with Crippen molar-refractivity contribution < 1.29 is 9.59 Å². The SMILES string of the molecule is O=C(Cn1cc(NC(=O)C2CC2)nn1)NCc1cccnc1. The summed E-state index contributed by atoms with van der Waals surface area (Å²) in [6.07, 6.45) is 6.77. The highest BCUT2D eigenvalue weighted by molar-refractivity contribution is 5.93. The molecule has 1 fully saturated rings. The van der Waals surface area contributed by atoms with Crippen molar-refractivity contribution >= 4 is 17.6 Å². The van der Waals surface area contributed by atoms with E-state index >= 15 is 0 Å². The molecule has 2 N–H and O–H groups in total. The lowest BCUT2D eigenvalue weighted by atomic mass is 10.3. The van der Waals surface area contributed by atoms with Crippen molar-refractivity contribution in [3.05, 3.63) is 36.3 Å². The molecular weight excluding hydrogens is 284 g/mol. The van der Waals surface area contributed by atoms with E-state index in [9.17, 15) is 9.59 Å². The summed E-state index contributed by atoms with van der Waals surface area (Å²) in [4.78, 5) is 27.4. The maximum atomic E-state index is 11.8. The molecule has 2 amide bonds. The van der Waals surface area contributed by atoms with E-state index in [1.807, 2.05) is 12.1 Å². The van der Waals surface area contributed by atoms with E-state index in [2.05, 4.69) is 25.9 Å². The van der Waals surface area contributed by atoms with Crippen LogP contribution in [0.2, 0.25) is 0 Å². The van der Waals surface area contributed by atoms with Gasteiger partial charge >= 0.3 is 0 Å². The van der Waals surface area contributed by atoms with Crippen LogP contribution in [0.5, 0.6) is 0 Å². The quantitative estimate of drug-likeness (QED) is 0.801. The molecule has 0 aliphatic heterocycles. The summed E-state index contributed by atoms with van der Waals surface area (Å²) >= 11 is 0. The van der Waals surface area contributed by atoms with E-state index in [-0.39, 0.29) is 24.3 Å². The van der Waals surface area contributed by atoms with Gasteiger partial charge in [-0.1, -0.05) is 11.3 Å². The molecule has 114 valence electrons. The molecular formula is C14H16N6O2. The molecule has 0 bridgehead atoms. The molecule has 0 radical (unpaired) electrons. The molecule has 8 nitrogen and oxygen atoms in total. The fraction of sp³-hybridized carbons (Fsp3) is 0.357. The fourth-order valence-electron chi connectivity index (χ4n) is 1.91. The monoisotopic (exact) mass is 300 g/mol. The molecule has 22 heavy (non-hydrogen) atoms. The molecule has 2 aromatic rings. The average molecular weight is 300 g/mol. The first-order valence-electron chi connectivity index (χ1n) is 7.07. The first-order valence-corrected chi connectivity index (χ1v) is 7.07. The molecule has 0 spiro atoms. The van der Waals surface area contributed by atoms with Crippen molar-refractivity contribution in [2.24, 2.45) is 5.92 Å². The van der Waals surface area contributed by atoms with Crippen molar-refractivity contribution in [2.45, 2.75) is 25.9 Å². The minimum Gasteiger partial charge on any atom is -0.350 e. The zero-order valence-electron chi connectivity index (χ0n) is 11.9. The van der Waals surface area contributed by atoms with E-state index in [0.717, 1.165) is 18.4 Å². The van der Waals surface area contributed by atoms with Crippen LogP contribution < -0.4 is 10.6 Å². The van der Waals surface area contributed by atoms with Crippen LogP contribution in [0.15, 0.2) is 30.7 Å². The summed E-state index contributed by atoms with van der Waals surface area (Å²) in [5.41, 5.74) is 0.923. The van der Waals surface area contributed by atoms with Gasteiger partial charge in [0.15, 0.2) is 5.82 Å². The van der Waals surface area contributed by atoms with Crippen LogP contribution in [0.1, 0.15) is 18.4 Å². The van der Waals surface area contributed by atoms with E-state index in [4.69, 9.17) is 0 Å². The lowest BCUT2D eigenvalue weighted by Gasteiger charge is -2.04. The van der Waals surface area contributed by atoms with Gasteiger partial charge in [-0.05, 0) is 24.5 Å². The summed E-state index contributed by atoms with van der Waals surface area (Å²) in [6, 6.07) is 3.70. The normalized spacial score (nSPS) is 13.6. The Morgan fingerprint density at radius 3 is 2.95 bits per heavy atom. The number of amides is 2. The van der Waals surface area contributed by atoms with Crippen LogP contribution in [0.4, 0.5) is 5.82 Å². The predicted octanol–water partition coefficient (Wildman–Crippen LogP) is 0.338. The Morgan fingerprint density at radius 1 is 1.36 bits per heavy atom. The zero-order valence-corrected chi connectivity index (χ0v) is 11.9. The first kappa shape index (κ1) is 14.2. The van der Waals surface area contributed by atoms with E-state index < -0.39 is 0 Å². The van der Waals surface area contributed by atoms with Crippen LogP contribution in [-0.4, -0.2) is 31.8 Å². The topological polar surface area (TPSA) is 102 Å². The largest absolute Gasteiger partial charge is 0.350 e. The lowest BCUT2D eigenvalue weighted by Crippen LogP contribution is -2.27. The van der Waals surface area contributed by atoms with Crippen molar-refractivity contribution in [1.29, 1.82) is 0 Å². The number of nitrogens with one attached hydrogen (secondary N) is 2. The fourth-order valence-corrected chi connectivity index (χ4v) is 1.91. The third-order valence-electron chi connectivity index (χ3n) is 3.26. The van der Waals surface area contributed by atoms with Gasteiger partial charge in [-0.2, -0.15) is 0 Å². The molecule has 1 aliphatic rings. The number of nitrogens with zero attached hydrogens (tertiary/aromatic N) is 4. The maximum Gasteiger partial charge on any atom is 0.242 e. The highest BCUT2D eigenvalue weighted by Gasteiger charge is 2.30. The number of rotatable bonds is 6. The van der Waals surface area contributed by atoms with Gasteiger partial charge in [0.25, 0.3) is 0 Å². The molecule has 1 aliphatic carbocycles. The van der Waals surface area contributed by atoms with Crippen LogP contribution in [0.25, 0.3) is 0 Å². The smallest absolute Gasteiger partial charge is 0.242 e. The van der Waals surface area contributed by atoms with Crippen LogP contribution in [-0.2, 0) is 22.7 Å². The number of pyridine rings is 1. The van der Waals surface area contributed by atoms with Gasteiger partial charge in [-0.15, -0.1) is 5.10 Å². The average Bonchev–Trinajstić information content (AvgIpc) is 3.29. The summed E-state index contributed by atoms with van der Waals surface area (Å²) in [7, 11) is 0.